The molecular formula is C31H37NO5S8. The Hall–Kier alpha value is -0.260. The van der Waals surface area contributed by atoms with Crippen molar-refractivity contribution < 1.29 is 23.7 Å². The number of fused-ring (bicyclic) bond motifs is 2. The summed E-state index contributed by atoms with van der Waals surface area (Å²) in [7, 11) is 0. The highest BCUT2D eigenvalue weighted by molar-refractivity contribution is 8.42. The van der Waals surface area contributed by atoms with Gasteiger partial charge in [0.25, 0.3) is 0 Å². The molecule has 244 valence electrons. The number of thiol groups is 2. The molecule has 6 nitrogen and oxygen atoms in total. The molecule has 0 radical (unpaired) electrons. The van der Waals surface area contributed by atoms with Gasteiger partial charge in [-0.1, -0.05) is 71.3 Å². The molecule has 45 heavy (non-hydrogen) atoms. The van der Waals surface area contributed by atoms with Crippen molar-refractivity contribution in [2.24, 2.45) is 0 Å². The van der Waals surface area contributed by atoms with Crippen LogP contribution < -0.4 is 9.47 Å². The van der Waals surface area contributed by atoms with Crippen LogP contribution in [0.1, 0.15) is 0 Å². The lowest BCUT2D eigenvalue weighted by molar-refractivity contribution is 0.0948. The minimum absolute atomic E-state index is 0.483. The third kappa shape index (κ3) is 10.6. The Morgan fingerprint density at radius 3 is 1.80 bits per heavy atom. The molecule has 0 aliphatic carbocycles. The topological polar surface area (TPSA) is 51.1 Å². The fourth-order valence-electron chi connectivity index (χ4n) is 4.34. The number of rotatable bonds is 20. The molecule has 5 rings (SSSR count). The van der Waals surface area contributed by atoms with Gasteiger partial charge in [-0.3, -0.25) is 0 Å². The van der Waals surface area contributed by atoms with Crippen LogP contribution in [0.15, 0.2) is 75.5 Å². The summed E-state index contributed by atoms with van der Waals surface area (Å²) in [4.78, 5) is 2.65. The highest BCUT2D eigenvalue weighted by Gasteiger charge is 2.29. The van der Waals surface area contributed by atoms with Gasteiger partial charge in [0.15, 0.2) is 0 Å². The molecule has 0 N–H and O–H groups in total. The molecule has 2 aliphatic rings. The van der Waals surface area contributed by atoms with Crippen LogP contribution in [-0.2, 0) is 20.8 Å². The van der Waals surface area contributed by atoms with E-state index in [1.54, 1.807) is 0 Å². The number of hydrogen-bond acceptors (Lipinski definition) is 13. The molecule has 0 unspecified atom stereocenters. The van der Waals surface area contributed by atoms with Gasteiger partial charge in [-0.15, -0.1) is 23.5 Å². The van der Waals surface area contributed by atoms with Crippen molar-refractivity contribution in [1.29, 1.82) is 0 Å². The van der Waals surface area contributed by atoms with Crippen LogP contribution in [0.5, 0.6) is 11.5 Å². The molecule has 3 aromatic rings. The van der Waals surface area contributed by atoms with Gasteiger partial charge in [0, 0.05) is 56.8 Å². The fourth-order valence-corrected chi connectivity index (χ4v) is 12.8. The zero-order chi connectivity index (χ0) is 31.3. The summed E-state index contributed by atoms with van der Waals surface area (Å²) < 4.78 is 36.9. The predicted octanol–water partition coefficient (Wildman–Crippen LogP) is 9.04. The first-order chi connectivity index (χ1) is 22.2. The van der Waals surface area contributed by atoms with Crippen LogP contribution in [0.25, 0.3) is 10.8 Å². The van der Waals surface area contributed by atoms with E-state index in [-0.39, 0.29) is 0 Å². The fraction of sp³-hybridized carbons (Fsp3) is 0.419. The molecule has 1 aromatic heterocycles. The smallest absolute Gasteiger partial charge is 0.127 e. The molecule has 14 heteroatoms. The minimum atomic E-state index is 0.483. The Balaban J connectivity index is 1.02. The Morgan fingerprint density at radius 2 is 1.20 bits per heavy atom. The van der Waals surface area contributed by atoms with Crippen LogP contribution in [0.3, 0.4) is 0 Å². The lowest BCUT2D eigenvalue weighted by Gasteiger charge is -2.13. The van der Waals surface area contributed by atoms with E-state index in [0.29, 0.717) is 52.0 Å². The first-order valence-corrected chi connectivity index (χ1v) is 21.2. The summed E-state index contributed by atoms with van der Waals surface area (Å²) in [5.74, 6) is 4.10. The molecule has 0 atom stereocenters. The number of aromatic nitrogens is 1. The molecule has 2 aromatic carbocycles. The Labute approximate surface area is 302 Å². The van der Waals surface area contributed by atoms with Crippen molar-refractivity contribution in [3.63, 3.8) is 0 Å². The number of benzene rings is 2. The van der Waals surface area contributed by atoms with Gasteiger partial charge < -0.3 is 28.3 Å². The van der Waals surface area contributed by atoms with Crippen molar-refractivity contribution in [2.45, 2.75) is 16.3 Å². The predicted molar refractivity (Wildman–Crippen MR) is 206 cm³/mol. The van der Waals surface area contributed by atoms with Crippen molar-refractivity contribution >= 4 is 107 Å². The molecule has 0 fully saturated rings. The van der Waals surface area contributed by atoms with Gasteiger partial charge in [0.2, 0.25) is 0 Å². The Morgan fingerprint density at radius 1 is 0.644 bits per heavy atom. The van der Waals surface area contributed by atoms with Crippen LogP contribution in [0.2, 0.25) is 0 Å². The summed E-state index contributed by atoms with van der Waals surface area (Å²) in [6.45, 7) is 5.58. The van der Waals surface area contributed by atoms with Gasteiger partial charge in [-0.05, 0) is 18.4 Å². The second-order valence-electron chi connectivity index (χ2n) is 9.42. The molecule has 0 saturated heterocycles. The molecule has 0 spiro atoms. The van der Waals surface area contributed by atoms with E-state index in [9.17, 15) is 0 Å². The zero-order valence-corrected chi connectivity index (χ0v) is 31.6. The lowest BCUT2D eigenvalue weighted by atomic mass is 10.1. The lowest BCUT2D eigenvalue weighted by Crippen LogP contribution is -2.11. The van der Waals surface area contributed by atoms with Crippen molar-refractivity contribution in [3.8, 4) is 11.5 Å². The quantitative estimate of drug-likeness (QED) is 0.0858. The van der Waals surface area contributed by atoms with E-state index in [0.717, 1.165) is 46.9 Å². The molecule has 0 saturated carbocycles. The SMILES string of the molecule is CSC1=C(SCCOCCS)SC(=C2Sc3cn(CCOCCOc4cccc5c(OCCOCCS)cccc45)cc3S2)S1. The highest BCUT2D eigenvalue weighted by atomic mass is 32.3. The van der Waals surface area contributed by atoms with Gasteiger partial charge in [-0.25, -0.2) is 0 Å². The molecular weight excluding hydrogens is 723 g/mol. The molecule has 0 bridgehead atoms. The van der Waals surface area contributed by atoms with Crippen LogP contribution in [-0.4, -0.2) is 80.9 Å². The average molecular weight is 760 g/mol. The van der Waals surface area contributed by atoms with Crippen molar-refractivity contribution in [3.05, 3.63) is 65.7 Å². The van der Waals surface area contributed by atoms with Crippen LogP contribution >= 0.6 is 95.8 Å². The summed E-state index contributed by atoms with van der Waals surface area (Å²) in [6.07, 6.45) is 6.64. The first-order valence-electron chi connectivity index (χ1n) is 14.5. The van der Waals surface area contributed by atoms with E-state index in [1.165, 1.54) is 26.7 Å². The Kier molecular flexibility index (Phi) is 15.7. The molecule has 3 heterocycles. The van der Waals surface area contributed by atoms with Gasteiger partial charge >= 0.3 is 0 Å². The normalized spacial score (nSPS) is 14.6. The van der Waals surface area contributed by atoms with Gasteiger partial charge in [-0.2, -0.15) is 25.3 Å². The summed E-state index contributed by atoms with van der Waals surface area (Å²) in [6, 6.07) is 12.1. The monoisotopic (exact) mass is 759 g/mol. The van der Waals surface area contributed by atoms with Crippen LogP contribution in [0, 0.1) is 0 Å². The maximum absolute atomic E-state index is 6.10. The van der Waals surface area contributed by atoms with E-state index in [2.05, 4.69) is 60.6 Å². The highest BCUT2D eigenvalue weighted by Crippen LogP contribution is 2.64. The number of thioether (sulfide) groups is 6. The maximum Gasteiger partial charge on any atom is 0.127 e. The number of nitrogens with zero attached hydrogens (tertiary/aromatic N) is 1. The van der Waals surface area contributed by atoms with E-state index >= 15 is 0 Å². The average Bonchev–Trinajstić information content (AvgIpc) is 3.76. The summed E-state index contributed by atoms with van der Waals surface area (Å²) in [5.41, 5.74) is 0. The van der Waals surface area contributed by atoms with Gasteiger partial charge in [0.05, 0.1) is 56.6 Å². The second-order valence-corrected chi connectivity index (χ2v) is 17.4. The minimum Gasteiger partial charge on any atom is -0.491 e. The summed E-state index contributed by atoms with van der Waals surface area (Å²) >= 11 is 19.7. The van der Waals surface area contributed by atoms with Gasteiger partial charge in [0.1, 0.15) is 24.7 Å². The molecule has 2 aliphatic heterocycles. The number of ether oxygens (including phenoxy) is 5. The van der Waals surface area contributed by atoms with E-state index in [4.69, 9.17) is 23.7 Å². The van der Waals surface area contributed by atoms with E-state index < -0.39 is 0 Å². The Bertz CT molecular complexity index is 1440. The third-order valence-corrected chi connectivity index (χ3v) is 15.1. The van der Waals surface area contributed by atoms with Crippen molar-refractivity contribution in [1.82, 2.24) is 4.57 Å². The largest absolute Gasteiger partial charge is 0.491 e. The van der Waals surface area contributed by atoms with Crippen LogP contribution in [0.4, 0.5) is 0 Å². The van der Waals surface area contributed by atoms with E-state index in [1.807, 2.05) is 94.8 Å². The van der Waals surface area contributed by atoms with Crippen molar-refractivity contribution in [2.75, 3.05) is 76.4 Å². The first kappa shape index (κ1) is 36.0. The molecule has 0 amide bonds. The third-order valence-electron chi connectivity index (χ3n) is 6.34. The zero-order valence-electron chi connectivity index (χ0n) is 24.9. The number of hydrogen-bond donors (Lipinski definition) is 2. The standard InChI is InChI=1S/C31H37NO5S8/c1-40-28-29(41-19-16-35-15-18-39)45-31(44-28)30-42-26-20-32(21-27(26)43-30)8-9-33-10-12-36-24-6-2-5-23-22(24)4-3-7-25(23)37-13-11-34-14-17-38/h2-7,20-21,38-39H,8-19H2,1H3. The second kappa shape index (κ2) is 19.7. The summed E-state index contributed by atoms with van der Waals surface area (Å²) in [5, 5.41) is 2.05. The maximum atomic E-state index is 6.10.